The van der Waals surface area contributed by atoms with Gasteiger partial charge >= 0.3 is 5.97 Å². The van der Waals surface area contributed by atoms with Crippen LogP contribution in [0.25, 0.3) is 0 Å². The molecule has 0 atom stereocenters. The molecule has 1 aromatic rings. The third-order valence-corrected chi connectivity index (χ3v) is 2.24. The number of hydrogen-bond acceptors (Lipinski definition) is 3. The lowest BCUT2D eigenvalue weighted by molar-refractivity contribution is 0.0581. The predicted molar refractivity (Wildman–Crippen MR) is 53.0 cm³/mol. The molecule has 0 aliphatic heterocycles. The minimum atomic E-state index is -2.75. The Morgan fingerprint density at radius 2 is 2.20 bits per heavy atom. The molecular formula is C9H8BrF2NO2. The number of pyridine rings is 1. The molecule has 0 aromatic carbocycles. The highest BCUT2D eigenvalue weighted by Crippen LogP contribution is 2.27. The zero-order valence-electron chi connectivity index (χ0n) is 8.05. The van der Waals surface area contributed by atoms with Gasteiger partial charge in [-0.25, -0.2) is 18.6 Å². The van der Waals surface area contributed by atoms with Gasteiger partial charge in [0.25, 0.3) is 6.43 Å². The lowest BCUT2D eigenvalue weighted by Gasteiger charge is -2.09. The Kier molecular flexibility index (Phi) is 3.73. The molecule has 1 aromatic heterocycles. The first-order valence-electron chi connectivity index (χ1n) is 4.01. The molecule has 6 heteroatoms. The van der Waals surface area contributed by atoms with Crippen molar-refractivity contribution < 1.29 is 18.3 Å². The van der Waals surface area contributed by atoms with Crippen LogP contribution in [0.2, 0.25) is 0 Å². The Hall–Kier alpha value is -1.04. The Bertz CT molecular complexity index is 396. The molecule has 0 radical (unpaired) electrons. The summed E-state index contributed by atoms with van der Waals surface area (Å²) in [5, 5.41) is 0. The Labute approximate surface area is 93.6 Å². The quantitative estimate of drug-likeness (QED) is 0.617. The van der Waals surface area contributed by atoms with E-state index in [1.165, 1.54) is 13.0 Å². The van der Waals surface area contributed by atoms with Crippen LogP contribution in [0.15, 0.2) is 10.7 Å². The first-order chi connectivity index (χ1) is 6.97. The number of aryl methyl sites for hydroxylation is 1. The number of esters is 1. The molecule has 1 heterocycles. The van der Waals surface area contributed by atoms with Crippen LogP contribution in [-0.2, 0) is 4.74 Å². The van der Waals surface area contributed by atoms with Crippen molar-refractivity contribution in [2.75, 3.05) is 7.11 Å². The molecule has 0 saturated carbocycles. The number of carbonyl (C=O) groups is 1. The van der Waals surface area contributed by atoms with E-state index in [9.17, 15) is 13.6 Å². The molecular weight excluding hydrogens is 272 g/mol. The van der Waals surface area contributed by atoms with Crippen LogP contribution in [-0.4, -0.2) is 18.1 Å². The van der Waals surface area contributed by atoms with Gasteiger partial charge in [0.1, 0.15) is 4.60 Å². The molecule has 0 unspecified atom stereocenters. The van der Waals surface area contributed by atoms with E-state index in [4.69, 9.17) is 0 Å². The second kappa shape index (κ2) is 4.65. The average molecular weight is 280 g/mol. The fourth-order valence-corrected chi connectivity index (χ4v) is 1.69. The number of ether oxygens (including phenoxy) is 1. The van der Waals surface area contributed by atoms with Crippen LogP contribution in [0.1, 0.15) is 28.0 Å². The van der Waals surface area contributed by atoms with Gasteiger partial charge in [0, 0.05) is 0 Å². The van der Waals surface area contributed by atoms with Crippen molar-refractivity contribution in [2.24, 2.45) is 0 Å². The number of rotatable bonds is 2. The van der Waals surface area contributed by atoms with Crippen molar-refractivity contribution >= 4 is 21.9 Å². The average Bonchev–Trinajstić information content (AvgIpc) is 2.14. The summed E-state index contributed by atoms with van der Waals surface area (Å²) >= 11 is 3.03. The van der Waals surface area contributed by atoms with Gasteiger partial charge < -0.3 is 4.74 Å². The Morgan fingerprint density at radius 1 is 1.60 bits per heavy atom. The molecule has 1 rings (SSSR count). The summed E-state index contributed by atoms with van der Waals surface area (Å²) in [6, 6.07) is 1.42. The number of nitrogens with zero attached hydrogens (tertiary/aromatic N) is 1. The lowest BCUT2D eigenvalue weighted by atomic mass is 10.1. The van der Waals surface area contributed by atoms with Crippen LogP contribution in [0, 0.1) is 6.92 Å². The number of aromatic nitrogens is 1. The smallest absolute Gasteiger partial charge is 0.357 e. The second-order valence-electron chi connectivity index (χ2n) is 2.82. The third-order valence-electron chi connectivity index (χ3n) is 1.83. The van der Waals surface area contributed by atoms with Gasteiger partial charge in [-0.05, 0) is 34.5 Å². The summed E-state index contributed by atoms with van der Waals surface area (Å²) in [5.41, 5.74) is -0.434. The first-order valence-corrected chi connectivity index (χ1v) is 4.80. The fraction of sp³-hybridized carbons (Fsp3) is 0.333. The molecule has 0 spiro atoms. The van der Waals surface area contributed by atoms with Gasteiger partial charge in [-0.3, -0.25) is 0 Å². The van der Waals surface area contributed by atoms with Gasteiger partial charge in [-0.15, -0.1) is 0 Å². The van der Waals surface area contributed by atoms with Crippen LogP contribution in [0.3, 0.4) is 0 Å². The third kappa shape index (κ3) is 2.50. The maximum atomic E-state index is 12.7. The molecule has 0 saturated heterocycles. The fourth-order valence-electron chi connectivity index (χ4n) is 1.17. The molecule has 3 nitrogen and oxygen atoms in total. The minimum Gasteiger partial charge on any atom is -0.464 e. The highest BCUT2D eigenvalue weighted by atomic mass is 79.9. The molecule has 0 aliphatic carbocycles. The first kappa shape index (κ1) is 12.0. The summed E-state index contributed by atoms with van der Waals surface area (Å²) in [7, 11) is 1.12. The molecule has 82 valence electrons. The van der Waals surface area contributed by atoms with Crippen LogP contribution in [0.4, 0.5) is 8.78 Å². The van der Waals surface area contributed by atoms with Crippen molar-refractivity contribution in [3.8, 4) is 0 Å². The van der Waals surface area contributed by atoms with Crippen LogP contribution >= 0.6 is 15.9 Å². The molecule has 15 heavy (non-hydrogen) atoms. The van der Waals surface area contributed by atoms with Crippen molar-refractivity contribution in [1.29, 1.82) is 0 Å². The van der Waals surface area contributed by atoms with Gasteiger partial charge in [0.15, 0.2) is 5.69 Å². The zero-order valence-corrected chi connectivity index (χ0v) is 9.64. The number of alkyl halides is 2. The van der Waals surface area contributed by atoms with Crippen LogP contribution < -0.4 is 0 Å². The van der Waals surface area contributed by atoms with E-state index in [-0.39, 0.29) is 11.3 Å². The van der Waals surface area contributed by atoms with E-state index in [1.807, 2.05) is 0 Å². The van der Waals surface area contributed by atoms with E-state index in [2.05, 4.69) is 25.7 Å². The Morgan fingerprint density at radius 3 is 2.67 bits per heavy atom. The lowest BCUT2D eigenvalue weighted by Crippen LogP contribution is -2.11. The van der Waals surface area contributed by atoms with E-state index in [1.54, 1.807) is 0 Å². The SMILES string of the molecule is COC(=O)c1nc(Br)cc(C)c1C(F)F. The van der Waals surface area contributed by atoms with E-state index in [0.717, 1.165) is 7.11 Å². The van der Waals surface area contributed by atoms with Crippen LogP contribution in [0.5, 0.6) is 0 Å². The van der Waals surface area contributed by atoms with Crippen molar-refractivity contribution in [1.82, 2.24) is 4.98 Å². The normalized spacial score (nSPS) is 10.5. The minimum absolute atomic E-state index is 0.298. The summed E-state index contributed by atoms with van der Waals surface area (Å²) < 4.78 is 30.0. The predicted octanol–water partition coefficient (Wildman–Crippen LogP) is 2.88. The monoisotopic (exact) mass is 279 g/mol. The topological polar surface area (TPSA) is 39.2 Å². The summed E-state index contributed by atoms with van der Waals surface area (Å²) in [5.74, 6) is -0.866. The summed E-state index contributed by atoms with van der Waals surface area (Å²) in [6.45, 7) is 1.49. The highest BCUT2D eigenvalue weighted by Gasteiger charge is 2.23. The number of carbonyl (C=O) groups excluding carboxylic acids is 1. The number of halogens is 3. The number of methoxy groups -OCH3 is 1. The van der Waals surface area contributed by atoms with Gasteiger partial charge in [0.2, 0.25) is 0 Å². The Balaban J connectivity index is 3.40. The molecule has 0 aliphatic rings. The molecule has 0 N–H and O–H groups in total. The molecule has 0 amide bonds. The van der Waals surface area contributed by atoms with Gasteiger partial charge in [-0.1, -0.05) is 0 Å². The second-order valence-corrected chi connectivity index (χ2v) is 3.63. The maximum absolute atomic E-state index is 12.7. The van der Waals surface area contributed by atoms with Crippen molar-refractivity contribution in [2.45, 2.75) is 13.3 Å². The molecule has 0 bridgehead atoms. The molecule has 0 fully saturated rings. The van der Waals surface area contributed by atoms with Crippen molar-refractivity contribution in [3.05, 3.63) is 27.5 Å². The highest BCUT2D eigenvalue weighted by molar-refractivity contribution is 9.10. The zero-order chi connectivity index (χ0) is 11.6. The summed E-state index contributed by atoms with van der Waals surface area (Å²) in [4.78, 5) is 14.9. The van der Waals surface area contributed by atoms with Crippen molar-refractivity contribution in [3.63, 3.8) is 0 Å². The largest absolute Gasteiger partial charge is 0.464 e. The van der Waals surface area contributed by atoms with Gasteiger partial charge in [-0.2, -0.15) is 0 Å². The van der Waals surface area contributed by atoms with Gasteiger partial charge in [0.05, 0.1) is 12.7 Å². The maximum Gasteiger partial charge on any atom is 0.357 e. The van der Waals surface area contributed by atoms with E-state index < -0.39 is 12.4 Å². The standard InChI is InChI=1S/C9H8BrF2NO2/c1-4-3-5(10)13-7(9(14)15-2)6(4)8(11)12/h3,8H,1-2H3. The van der Waals surface area contributed by atoms with E-state index >= 15 is 0 Å². The summed E-state index contributed by atoms with van der Waals surface area (Å²) in [6.07, 6.45) is -2.75. The van der Waals surface area contributed by atoms with E-state index in [0.29, 0.717) is 10.2 Å². The number of hydrogen-bond donors (Lipinski definition) is 0.